The molecule has 0 aromatic carbocycles. The Bertz CT molecular complexity index is 1310. The topological polar surface area (TPSA) is 113 Å². The maximum atomic E-state index is 14.6. The standard InChI is InChI=1S/C21H20F4N8OS/c1-12-16(7-26)27-5-3-18(12)32-10-17(29-11-32)19-13(21(23,24)25)8-28-20(31-19)30-15-4-6-33(35(2)34)9-14(15)22/h3,5,8,10-11,14-15H,4,6,9H2,1-2H3,(H,28,30,31). The normalized spacial score (nSPS) is 19.8. The predicted molar refractivity (Wildman–Crippen MR) is 119 cm³/mol. The Labute approximate surface area is 200 Å². The first-order chi connectivity index (χ1) is 16.6. The van der Waals surface area contributed by atoms with Crippen molar-refractivity contribution in [3.8, 4) is 23.1 Å². The van der Waals surface area contributed by atoms with E-state index < -0.39 is 40.6 Å². The first-order valence-electron chi connectivity index (χ1n) is 10.4. The van der Waals surface area contributed by atoms with Crippen LogP contribution in [0.3, 0.4) is 0 Å². The lowest BCUT2D eigenvalue weighted by Crippen LogP contribution is -2.48. The Morgan fingerprint density at radius 2 is 2.06 bits per heavy atom. The summed E-state index contributed by atoms with van der Waals surface area (Å²) in [5.74, 6) is -0.173. The second-order valence-electron chi connectivity index (χ2n) is 7.90. The minimum absolute atomic E-state index is 0.0748. The number of halogens is 4. The van der Waals surface area contributed by atoms with Gasteiger partial charge >= 0.3 is 6.18 Å². The van der Waals surface area contributed by atoms with E-state index in [1.165, 1.54) is 33.8 Å². The van der Waals surface area contributed by atoms with E-state index in [0.29, 0.717) is 24.0 Å². The fourth-order valence-corrected chi connectivity index (χ4v) is 4.50. The molecular weight excluding hydrogens is 488 g/mol. The molecule has 184 valence electrons. The van der Waals surface area contributed by atoms with E-state index in [1.54, 1.807) is 13.0 Å². The van der Waals surface area contributed by atoms with E-state index in [9.17, 15) is 27.0 Å². The molecule has 3 unspecified atom stereocenters. The summed E-state index contributed by atoms with van der Waals surface area (Å²) in [6.45, 7) is 1.95. The van der Waals surface area contributed by atoms with Crippen LogP contribution in [0.5, 0.6) is 0 Å². The lowest BCUT2D eigenvalue weighted by Gasteiger charge is -2.33. The largest absolute Gasteiger partial charge is 0.420 e. The number of anilines is 1. The second kappa shape index (κ2) is 9.67. The van der Waals surface area contributed by atoms with Gasteiger partial charge in [0.1, 0.15) is 34.9 Å². The van der Waals surface area contributed by atoms with Crippen molar-refractivity contribution in [2.45, 2.75) is 31.7 Å². The summed E-state index contributed by atoms with van der Waals surface area (Å²) >= 11 is 0. The van der Waals surface area contributed by atoms with Gasteiger partial charge in [-0.2, -0.15) is 18.4 Å². The molecule has 1 aliphatic heterocycles. The molecule has 9 nitrogen and oxygen atoms in total. The molecular formula is C21H20F4N8OS. The molecule has 3 aromatic heterocycles. The van der Waals surface area contributed by atoms with E-state index in [0.717, 1.165) is 0 Å². The van der Waals surface area contributed by atoms with Crippen molar-refractivity contribution in [1.82, 2.24) is 28.8 Å². The number of nitriles is 1. The zero-order valence-corrected chi connectivity index (χ0v) is 19.4. The van der Waals surface area contributed by atoms with Crippen LogP contribution in [-0.2, 0) is 17.2 Å². The van der Waals surface area contributed by atoms with Gasteiger partial charge in [-0.25, -0.2) is 32.8 Å². The summed E-state index contributed by atoms with van der Waals surface area (Å²) in [7, 11) is -1.32. The average molecular weight is 509 g/mol. The van der Waals surface area contributed by atoms with Crippen LogP contribution in [0.2, 0.25) is 0 Å². The molecule has 4 rings (SSSR count). The second-order valence-corrected chi connectivity index (χ2v) is 9.27. The molecule has 0 aliphatic carbocycles. The number of piperidine rings is 1. The Kier molecular flexibility index (Phi) is 6.82. The number of nitrogens with zero attached hydrogens (tertiary/aromatic N) is 7. The summed E-state index contributed by atoms with van der Waals surface area (Å²) in [5.41, 5.74) is -0.398. The van der Waals surface area contributed by atoms with E-state index in [4.69, 9.17) is 0 Å². The number of alkyl halides is 4. The van der Waals surface area contributed by atoms with Crippen LogP contribution in [-0.4, -0.2) is 64.6 Å². The number of rotatable bonds is 5. The lowest BCUT2D eigenvalue weighted by atomic mass is 10.1. The maximum absolute atomic E-state index is 14.6. The van der Waals surface area contributed by atoms with Gasteiger partial charge in [-0.1, -0.05) is 0 Å². The minimum Gasteiger partial charge on any atom is -0.348 e. The molecule has 4 heterocycles. The van der Waals surface area contributed by atoms with Gasteiger partial charge in [-0.05, 0) is 19.4 Å². The molecule has 35 heavy (non-hydrogen) atoms. The molecule has 0 bridgehead atoms. The van der Waals surface area contributed by atoms with Crippen LogP contribution in [0, 0.1) is 18.3 Å². The van der Waals surface area contributed by atoms with E-state index in [2.05, 4.69) is 25.3 Å². The predicted octanol–water partition coefficient (Wildman–Crippen LogP) is 3.04. The lowest BCUT2D eigenvalue weighted by molar-refractivity contribution is -0.137. The molecule has 0 spiro atoms. The number of aromatic nitrogens is 5. The number of nitrogens with one attached hydrogen (secondary N) is 1. The van der Waals surface area contributed by atoms with Gasteiger partial charge in [0.2, 0.25) is 5.95 Å². The van der Waals surface area contributed by atoms with Gasteiger partial charge in [-0.3, -0.25) is 0 Å². The van der Waals surface area contributed by atoms with E-state index >= 15 is 0 Å². The minimum atomic E-state index is -4.75. The molecule has 0 radical (unpaired) electrons. The molecule has 1 N–H and O–H groups in total. The molecule has 1 saturated heterocycles. The van der Waals surface area contributed by atoms with Crippen LogP contribution >= 0.6 is 0 Å². The van der Waals surface area contributed by atoms with Crippen molar-refractivity contribution >= 4 is 16.9 Å². The van der Waals surface area contributed by atoms with Gasteiger partial charge in [-0.15, -0.1) is 0 Å². The van der Waals surface area contributed by atoms with Crippen LogP contribution in [0.25, 0.3) is 17.1 Å². The summed E-state index contributed by atoms with van der Waals surface area (Å²) in [4.78, 5) is 15.8. The summed E-state index contributed by atoms with van der Waals surface area (Å²) in [6.07, 6.45) is 0.295. The van der Waals surface area contributed by atoms with Gasteiger partial charge < -0.3 is 9.88 Å². The maximum Gasteiger partial charge on any atom is 0.420 e. The molecule has 0 amide bonds. The smallest absolute Gasteiger partial charge is 0.348 e. The molecule has 1 aliphatic rings. The zero-order valence-electron chi connectivity index (χ0n) is 18.6. The number of hydrogen-bond donors (Lipinski definition) is 1. The highest BCUT2D eigenvalue weighted by Gasteiger charge is 2.37. The van der Waals surface area contributed by atoms with Crippen molar-refractivity contribution in [2.24, 2.45) is 0 Å². The summed E-state index contributed by atoms with van der Waals surface area (Å²) in [5, 5.41) is 12.0. The van der Waals surface area contributed by atoms with Gasteiger partial charge in [0, 0.05) is 43.5 Å². The third-order valence-corrected chi connectivity index (χ3v) is 6.72. The van der Waals surface area contributed by atoms with Crippen molar-refractivity contribution in [1.29, 1.82) is 5.26 Å². The highest BCUT2D eigenvalue weighted by molar-refractivity contribution is 7.81. The molecule has 0 saturated carbocycles. The number of pyridine rings is 1. The molecule has 14 heteroatoms. The van der Waals surface area contributed by atoms with Crippen LogP contribution in [0.4, 0.5) is 23.5 Å². The summed E-state index contributed by atoms with van der Waals surface area (Å²) < 4.78 is 70.3. The highest BCUT2D eigenvalue weighted by atomic mass is 32.2. The third-order valence-electron chi connectivity index (χ3n) is 5.66. The Hall–Kier alpha value is -3.44. The zero-order chi connectivity index (χ0) is 25.3. The quantitative estimate of drug-likeness (QED) is 0.527. The van der Waals surface area contributed by atoms with Gasteiger partial charge in [0.15, 0.2) is 0 Å². The number of hydrogen-bond acceptors (Lipinski definition) is 7. The van der Waals surface area contributed by atoms with Gasteiger partial charge in [0.25, 0.3) is 0 Å². The fourth-order valence-electron chi connectivity index (χ4n) is 3.79. The summed E-state index contributed by atoms with van der Waals surface area (Å²) in [6, 6.07) is 2.82. The van der Waals surface area contributed by atoms with Gasteiger partial charge in [0.05, 0.1) is 29.0 Å². The Morgan fingerprint density at radius 3 is 2.71 bits per heavy atom. The van der Waals surface area contributed by atoms with Crippen LogP contribution < -0.4 is 5.32 Å². The number of imidazole rings is 1. The highest BCUT2D eigenvalue weighted by Crippen LogP contribution is 2.36. The van der Waals surface area contributed by atoms with Crippen LogP contribution in [0.1, 0.15) is 23.2 Å². The van der Waals surface area contributed by atoms with E-state index in [-0.39, 0.29) is 30.3 Å². The first kappa shape index (κ1) is 24.7. The molecule has 1 fully saturated rings. The van der Waals surface area contributed by atoms with E-state index in [1.807, 2.05) is 6.07 Å². The van der Waals surface area contributed by atoms with Crippen LogP contribution in [0.15, 0.2) is 31.0 Å². The Morgan fingerprint density at radius 1 is 1.29 bits per heavy atom. The van der Waals surface area contributed by atoms with Crippen molar-refractivity contribution in [2.75, 3.05) is 24.7 Å². The Balaban J connectivity index is 1.67. The average Bonchev–Trinajstić information content (AvgIpc) is 3.29. The first-order valence-corrected chi connectivity index (χ1v) is 11.9. The SMILES string of the molecule is Cc1c(-n2cnc(-c3nc(NC4CCN(S(C)=O)CC4F)ncc3C(F)(F)F)c2)ccnc1C#N. The third kappa shape index (κ3) is 5.15. The fraction of sp³-hybridized carbons (Fsp3) is 0.381. The monoisotopic (exact) mass is 508 g/mol. The van der Waals surface area contributed by atoms with Crippen molar-refractivity contribution in [3.05, 3.63) is 47.8 Å². The van der Waals surface area contributed by atoms with Crippen molar-refractivity contribution in [3.63, 3.8) is 0 Å². The molecule has 3 aromatic rings. The van der Waals surface area contributed by atoms with Crippen molar-refractivity contribution < 1.29 is 21.8 Å². The molecule has 3 atom stereocenters.